The molecule has 0 radical (unpaired) electrons. The molecular weight excluding hydrogens is 194 g/mol. The Balaban J connectivity index is 2.80. The molecular formula is C15H21N. The van der Waals surface area contributed by atoms with Gasteiger partial charge < -0.3 is 0 Å². The van der Waals surface area contributed by atoms with Crippen LogP contribution in [0.4, 0.5) is 0 Å². The first kappa shape index (κ1) is 11.4. The molecule has 86 valence electrons. The van der Waals surface area contributed by atoms with Gasteiger partial charge in [-0.2, -0.15) is 0 Å². The summed E-state index contributed by atoms with van der Waals surface area (Å²) in [4.78, 5) is 4.29. The second-order valence-electron chi connectivity index (χ2n) is 5.28. The van der Waals surface area contributed by atoms with E-state index in [1.54, 1.807) is 11.1 Å². The first-order valence-corrected chi connectivity index (χ1v) is 6.27. The molecule has 0 fully saturated rings. The fourth-order valence-corrected chi connectivity index (χ4v) is 2.67. The van der Waals surface area contributed by atoms with Gasteiger partial charge in [-0.05, 0) is 41.2 Å². The Bertz CT molecular complexity index is 447. The Hall–Kier alpha value is -1.11. The normalized spacial score (nSPS) is 15.9. The maximum absolute atomic E-state index is 4.29. The van der Waals surface area contributed by atoms with Crippen LogP contribution in [0.5, 0.6) is 0 Å². The molecule has 1 nitrogen and oxygen atoms in total. The van der Waals surface area contributed by atoms with E-state index in [0.717, 1.165) is 0 Å². The van der Waals surface area contributed by atoms with E-state index in [1.807, 2.05) is 12.4 Å². The topological polar surface area (TPSA) is 12.9 Å². The quantitative estimate of drug-likeness (QED) is 0.738. The molecule has 0 atom stereocenters. The minimum Gasteiger partial charge on any atom is -0.264 e. The summed E-state index contributed by atoms with van der Waals surface area (Å²) in [6.45, 7) is 9.15. The van der Waals surface area contributed by atoms with E-state index in [2.05, 4.69) is 38.7 Å². The van der Waals surface area contributed by atoms with Gasteiger partial charge in [0.05, 0.1) is 0 Å². The summed E-state index contributed by atoms with van der Waals surface area (Å²) in [5.74, 6) is 1.28. The van der Waals surface area contributed by atoms with Gasteiger partial charge in [-0.3, -0.25) is 4.98 Å². The SMILES string of the molecule is CC(C)C1=c2ccncc2=C(C(C)C)CC1. The fourth-order valence-electron chi connectivity index (χ4n) is 2.67. The number of pyridine rings is 1. The molecule has 1 aliphatic carbocycles. The van der Waals surface area contributed by atoms with Gasteiger partial charge in [-0.1, -0.05) is 38.8 Å². The summed E-state index contributed by atoms with van der Waals surface area (Å²) >= 11 is 0. The van der Waals surface area contributed by atoms with Crippen molar-refractivity contribution in [2.45, 2.75) is 40.5 Å². The molecule has 0 unspecified atom stereocenters. The first-order valence-electron chi connectivity index (χ1n) is 6.27. The van der Waals surface area contributed by atoms with Crippen LogP contribution in [-0.4, -0.2) is 4.98 Å². The average molecular weight is 215 g/mol. The van der Waals surface area contributed by atoms with E-state index in [4.69, 9.17) is 0 Å². The lowest BCUT2D eigenvalue weighted by molar-refractivity contribution is 0.748. The molecule has 16 heavy (non-hydrogen) atoms. The standard InChI is InChI=1S/C15H21N/c1-10(2)12-5-6-13(11(3)4)15-9-16-8-7-14(12)15/h7-11H,5-6H2,1-4H3. The largest absolute Gasteiger partial charge is 0.264 e. The Morgan fingerprint density at radius 3 is 2.06 bits per heavy atom. The van der Waals surface area contributed by atoms with Crippen molar-refractivity contribution in [1.82, 2.24) is 4.98 Å². The average Bonchev–Trinajstić information content (AvgIpc) is 2.27. The Kier molecular flexibility index (Phi) is 3.13. The van der Waals surface area contributed by atoms with Crippen LogP contribution < -0.4 is 10.4 Å². The van der Waals surface area contributed by atoms with Gasteiger partial charge in [-0.15, -0.1) is 0 Å². The van der Waals surface area contributed by atoms with Crippen LogP contribution in [0.1, 0.15) is 40.5 Å². The van der Waals surface area contributed by atoms with E-state index in [1.165, 1.54) is 23.3 Å². The molecule has 1 aromatic rings. The highest BCUT2D eigenvalue weighted by atomic mass is 14.6. The first-order chi connectivity index (χ1) is 7.61. The van der Waals surface area contributed by atoms with Crippen LogP contribution in [0.2, 0.25) is 0 Å². The lowest BCUT2D eigenvalue weighted by Gasteiger charge is -2.21. The van der Waals surface area contributed by atoms with Crippen LogP contribution in [0.15, 0.2) is 18.5 Å². The summed E-state index contributed by atoms with van der Waals surface area (Å²) in [6.07, 6.45) is 6.41. The fraction of sp³-hybridized carbons (Fsp3) is 0.533. The highest BCUT2D eigenvalue weighted by Crippen LogP contribution is 2.24. The van der Waals surface area contributed by atoms with Gasteiger partial charge in [0.1, 0.15) is 0 Å². The molecule has 2 rings (SSSR count). The number of nitrogens with zero attached hydrogens (tertiary/aromatic N) is 1. The van der Waals surface area contributed by atoms with Gasteiger partial charge in [0.15, 0.2) is 0 Å². The molecule has 0 amide bonds. The molecule has 0 spiro atoms. The smallest absolute Gasteiger partial charge is 0.0345 e. The van der Waals surface area contributed by atoms with Gasteiger partial charge in [0, 0.05) is 12.4 Å². The lowest BCUT2D eigenvalue weighted by atomic mass is 9.85. The van der Waals surface area contributed by atoms with Gasteiger partial charge in [-0.25, -0.2) is 0 Å². The predicted octanol–water partition coefficient (Wildman–Crippen LogP) is 2.49. The van der Waals surface area contributed by atoms with Gasteiger partial charge in [0.2, 0.25) is 0 Å². The van der Waals surface area contributed by atoms with E-state index in [0.29, 0.717) is 11.8 Å². The summed E-state index contributed by atoms with van der Waals surface area (Å²) in [5.41, 5.74) is 3.18. The van der Waals surface area contributed by atoms with Crippen LogP contribution in [-0.2, 0) is 0 Å². The van der Waals surface area contributed by atoms with Crippen molar-refractivity contribution in [3.8, 4) is 0 Å². The highest BCUT2D eigenvalue weighted by Gasteiger charge is 2.15. The number of rotatable bonds is 2. The summed E-state index contributed by atoms with van der Waals surface area (Å²) in [6, 6.07) is 2.19. The maximum Gasteiger partial charge on any atom is 0.0345 e. The minimum absolute atomic E-state index is 0.636. The number of aromatic nitrogens is 1. The monoisotopic (exact) mass is 215 g/mol. The highest BCUT2D eigenvalue weighted by molar-refractivity contribution is 5.59. The van der Waals surface area contributed by atoms with Crippen molar-refractivity contribution in [2.75, 3.05) is 0 Å². The second kappa shape index (κ2) is 4.40. The molecule has 0 N–H and O–H groups in total. The minimum atomic E-state index is 0.636. The molecule has 1 heterocycles. The van der Waals surface area contributed by atoms with Gasteiger partial charge in [0.25, 0.3) is 0 Å². The van der Waals surface area contributed by atoms with Crippen LogP contribution >= 0.6 is 0 Å². The third-order valence-corrected chi connectivity index (χ3v) is 3.57. The summed E-state index contributed by atoms with van der Waals surface area (Å²) < 4.78 is 0. The van der Waals surface area contributed by atoms with E-state index >= 15 is 0 Å². The van der Waals surface area contributed by atoms with Crippen LogP contribution in [0, 0.1) is 11.8 Å². The molecule has 1 aliphatic rings. The van der Waals surface area contributed by atoms with Gasteiger partial charge >= 0.3 is 0 Å². The third kappa shape index (κ3) is 1.91. The Morgan fingerprint density at radius 1 is 0.938 bits per heavy atom. The molecule has 0 aliphatic heterocycles. The van der Waals surface area contributed by atoms with Crippen LogP contribution in [0.3, 0.4) is 0 Å². The third-order valence-electron chi connectivity index (χ3n) is 3.57. The van der Waals surface area contributed by atoms with Crippen molar-refractivity contribution < 1.29 is 0 Å². The molecule has 0 saturated heterocycles. The van der Waals surface area contributed by atoms with E-state index < -0.39 is 0 Å². The van der Waals surface area contributed by atoms with Crippen LogP contribution in [0.25, 0.3) is 11.1 Å². The van der Waals surface area contributed by atoms with Crippen molar-refractivity contribution in [2.24, 2.45) is 11.8 Å². The summed E-state index contributed by atoms with van der Waals surface area (Å²) in [7, 11) is 0. The maximum atomic E-state index is 4.29. The van der Waals surface area contributed by atoms with Crippen molar-refractivity contribution in [3.63, 3.8) is 0 Å². The Morgan fingerprint density at radius 2 is 1.50 bits per heavy atom. The molecule has 1 heteroatoms. The Labute approximate surface area is 97.9 Å². The zero-order valence-corrected chi connectivity index (χ0v) is 10.7. The zero-order valence-electron chi connectivity index (χ0n) is 10.7. The number of fused-ring (bicyclic) bond motifs is 1. The zero-order chi connectivity index (χ0) is 11.7. The van der Waals surface area contributed by atoms with Crippen molar-refractivity contribution in [3.05, 3.63) is 28.9 Å². The molecule has 0 saturated carbocycles. The van der Waals surface area contributed by atoms with E-state index in [9.17, 15) is 0 Å². The molecule has 0 aromatic carbocycles. The number of hydrogen-bond acceptors (Lipinski definition) is 1. The lowest BCUT2D eigenvalue weighted by Crippen LogP contribution is -2.35. The molecule has 0 bridgehead atoms. The summed E-state index contributed by atoms with van der Waals surface area (Å²) in [5, 5.41) is 2.84. The van der Waals surface area contributed by atoms with Crippen molar-refractivity contribution in [1.29, 1.82) is 0 Å². The van der Waals surface area contributed by atoms with E-state index in [-0.39, 0.29) is 0 Å². The predicted molar refractivity (Wildman–Crippen MR) is 69.2 cm³/mol. The number of hydrogen-bond donors (Lipinski definition) is 0. The molecule has 1 aromatic heterocycles. The van der Waals surface area contributed by atoms with Crippen molar-refractivity contribution >= 4 is 11.1 Å². The second-order valence-corrected chi connectivity index (χ2v) is 5.28.